The highest BCUT2D eigenvalue weighted by Crippen LogP contribution is 2.46. The van der Waals surface area contributed by atoms with Crippen molar-refractivity contribution in [2.75, 3.05) is 12.4 Å². The standard InChI is InChI=1S/C27H29Cl2N3O4/c1-14-11-17-18(27(4,5)10-9-26(17,2)3)13-15(14)12-16-7-8-19(36-16)24(33)32-23-20(25(34)35-6)30-21(28)22(29)31-23/h7-8,11,13H,9-10,12H2,1-6H3,(H,31,32,33). The first-order valence-electron chi connectivity index (χ1n) is 11.7. The van der Waals surface area contributed by atoms with Gasteiger partial charge in [-0.05, 0) is 65.0 Å². The van der Waals surface area contributed by atoms with Crippen molar-refractivity contribution in [3.8, 4) is 0 Å². The fourth-order valence-electron chi connectivity index (χ4n) is 4.63. The Balaban J connectivity index is 1.58. The molecular weight excluding hydrogens is 501 g/mol. The molecule has 1 N–H and O–H groups in total. The van der Waals surface area contributed by atoms with Gasteiger partial charge in [0.1, 0.15) is 5.76 Å². The first-order valence-corrected chi connectivity index (χ1v) is 12.4. The van der Waals surface area contributed by atoms with Crippen LogP contribution >= 0.6 is 23.2 Å². The van der Waals surface area contributed by atoms with Crippen LogP contribution in [0.25, 0.3) is 0 Å². The molecule has 36 heavy (non-hydrogen) atoms. The predicted molar refractivity (Wildman–Crippen MR) is 139 cm³/mol. The Morgan fingerprint density at radius 1 is 1.03 bits per heavy atom. The molecule has 1 aromatic carbocycles. The van der Waals surface area contributed by atoms with E-state index in [1.54, 1.807) is 12.1 Å². The van der Waals surface area contributed by atoms with Gasteiger partial charge < -0.3 is 14.5 Å². The lowest BCUT2D eigenvalue weighted by Crippen LogP contribution is -2.34. The Labute approximate surface area is 220 Å². The summed E-state index contributed by atoms with van der Waals surface area (Å²) in [5.41, 5.74) is 5.10. The Bertz CT molecular complexity index is 1360. The minimum absolute atomic E-state index is 0.0609. The minimum atomic E-state index is -0.814. The van der Waals surface area contributed by atoms with Crippen LogP contribution in [0.4, 0.5) is 5.82 Å². The fourth-order valence-corrected chi connectivity index (χ4v) is 4.88. The molecule has 0 bridgehead atoms. The second-order valence-electron chi connectivity index (χ2n) is 10.5. The van der Waals surface area contributed by atoms with E-state index in [1.807, 2.05) is 0 Å². The maximum Gasteiger partial charge on any atom is 0.360 e. The number of anilines is 1. The van der Waals surface area contributed by atoms with Gasteiger partial charge in [0.05, 0.1) is 7.11 Å². The number of methoxy groups -OCH3 is 1. The molecule has 0 atom stereocenters. The van der Waals surface area contributed by atoms with E-state index in [9.17, 15) is 9.59 Å². The topological polar surface area (TPSA) is 94.3 Å². The van der Waals surface area contributed by atoms with E-state index < -0.39 is 11.9 Å². The molecule has 0 unspecified atom stereocenters. The van der Waals surface area contributed by atoms with E-state index in [-0.39, 0.29) is 38.4 Å². The zero-order chi connectivity index (χ0) is 26.4. The molecule has 190 valence electrons. The van der Waals surface area contributed by atoms with Crippen LogP contribution in [0.1, 0.15) is 89.6 Å². The normalized spacial score (nSPS) is 15.8. The van der Waals surface area contributed by atoms with Crippen LogP contribution in [0.2, 0.25) is 10.3 Å². The summed E-state index contributed by atoms with van der Waals surface area (Å²) < 4.78 is 10.5. The van der Waals surface area contributed by atoms with Gasteiger partial charge in [-0.3, -0.25) is 4.79 Å². The zero-order valence-corrected chi connectivity index (χ0v) is 22.7. The van der Waals surface area contributed by atoms with Gasteiger partial charge in [0.2, 0.25) is 0 Å². The predicted octanol–water partition coefficient (Wildman–Crippen LogP) is 6.66. The van der Waals surface area contributed by atoms with Crippen molar-refractivity contribution < 1.29 is 18.7 Å². The Morgan fingerprint density at radius 3 is 2.28 bits per heavy atom. The molecule has 0 aliphatic heterocycles. The SMILES string of the molecule is COC(=O)c1nc(Cl)c(Cl)nc1NC(=O)c1ccc(Cc2cc3c(cc2C)C(C)(C)CCC3(C)C)o1. The number of fused-ring (bicyclic) bond motifs is 1. The van der Waals surface area contributed by atoms with E-state index in [4.69, 9.17) is 27.6 Å². The van der Waals surface area contributed by atoms with Crippen LogP contribution in [0.3, 0.4) is 0 Å². The molecule has 4 rings (SSSR count). The molecular formula is C27H29Cl2N3O4. The number of benzene rings is 1. The summed E-state index contributed by atoms with van der Waals surface area (Å²) in [6.45, 7) is 11.3. The molecule has 0 saturated carbocycles. The van der Waals surface area contributed by atoms with Crippen LogP contribution < -0.4 is 5.32 Å². The number of hydrogen-bond acceptors (Lipinski definition) is 6. The number of esters is 1. The van der Waals surface area contributed by atoms with Crippen LogP contribution in [0, 0.1) is 6.92 Å². The highest BCUT2D eigenvalue weighted by molar-refractivity contribution is 6.40. The summed E-state index contributed by atoms with van der Waals surface area (Å²) >= 11 is 11.8. The molecule has 9 heteroatoms. The quantitative estimate of drug-likeness (QED) is 0.371. The molecule has 2 heterocycles. The molecule has 7 nitrogen and oxygen atoms in total. The maximum absolute atomic E-state index is 12.9. The number of nitrogens with zero attached hydrogens (tertiary/aromatic N) is 2. The van der Waals surface area contributed by atoms with Crippen molar-refractivity contribution in [1.82, 2.24) is 9.97 Å². The van der Waals surface area contributed by atoms with E-state index in [1.165, 1.54) is 23.8 Å². The number of nitrogens with one attached hydrogen (secondary N) is 1. The average Bonchev–Trinajstić information content (AvgIpc) is 3.28. The summed E-state index contributed by atoms with van der Waals surface area (Å²) in [5.74, 6) is -0.889. The van der Waals surface area contributed by atoms with Crippen LogP contribution in [0.5, 0.6) is 0 Å². The van der Waals surface area contributed by atoms with Gasteiger partial charge in [0.15, 0.2) is 27.6 Å². The number of carbonyl (C=O) groups is 2. The van der Waals surface area contributed by atoms with Crippen molar-refractivity contribution in [2.45, 2.75) is 64.7 Å². The van der Waals surface area contributed by atoms with Crippen molar-refractivity contribution in [3.05, 3.63) is 74.0 Å². The second kappa shape index (κ2) is 9.52. The third kappa shape index (κ3) is 5.00. The Hall–Kier alpha value is -2.90. The average molecular weight is 530 g/mol. The zero-order valence-electron chi connectivity index (χ0n) is 21.2. The number of aryl methyl sites for hydroxylation is 1. The van der Waals surface area contributed by atoms with Gasteiger partial charge in [-0.2, -0.15) is 0 Å². The number of amides is 1. The van der Waals surface area contributed by atoms with Crippen LogP contribution in [0.15, 0.2) is 28.7 Å². The second-order valence-corrected chi connectivity index (χ2v) is 11.2. The van der Waals surface area contributed by atoms with Gasteiger partial charge in [0.25, 0.3) is 5.91 Å². The fraction of sp³-hybridized carbons (Fsp3) is 0.407. The first kappa shape index (κ1) is 26.2. The van der Waals surface area contributed by atoms with E-state index >= 15 is 0 Å². The molecule has 0 spiro atoms. The summed E-state index contributed by atoms with van der Waals surface area (Å²) in [6.07, 6.45) is 2.83. The van der Waals surface area contributed by atoms with Gasteiger partial charge in [0, 0.05) is 6.42 Å². The summed E-state index contributed by atoms with van der Waals surface area (Å²) in [4.78, 5) is 32.7. The molecule has 1 amide bonds. The molecule has 1 aliphatic rings. The number of ether oxygens (including phenoxy) is 1. The minimum Gasteiger partial charge on any atom is -0.464 e. The maximum atomic E-state index is 12.9. The van der Waals surface area contributed by atoms with Crippen molar-refractivity contribution in [1.29, 1.82) is 0 Å². The van der Waals surface area contributed by atoms with Crippen molar-refractivity contribution in [2.24, 2.45) is 0 Å². The molecule has 0 saturated heterocycles. The van der Waals surface area contributed by atoms with Gasteiger partial charge in [-0.15, -0.1) is 0 Å². The largest absolute Gasteiger partial charge is 0.464 e. The number of furan rings is 1. The molecule has 0 fully saturated rings. The van der Waals surface area contributed by atoms with Gasteiger partial charge >= 0.3 is 5.97 Å². The Morgan fingerprint density at radius 2 is 1.64 bits per heavy atom. The molecule has 1 aliphatic carbocycles. The third-order valence-electron chi connectivity index (χ3n) is 6.98. The molecule has 0 radical (unpaired) electrons. The van der Waals surface area contributed by atoms with Crippen molar-refractivity contribution >= 4 is 40.9 Å². The highest BCUT2D eigenvalue weighted by atomic mass is 35.5. The number of carbonyl (C=O) groups excluding carboxylic acids is 2. The first-order chi connectivity index (χ1) is 16.8. The van der Waals surface area contributed by atoms with E-state index in [0.717, 1.165) is 18.4 Å². The monoisotopic (exact) mass is 529 g/mol. The smallest absolute Gasteiger partial charge is 0.360 e. The lowest BCUT2D eigenvalue weighted by molar-refractivity contribution is 0.0595. The number of aromatic nitrogens is 2. The van der Waals surface area contributed by atoms with E-state index in [2.05, 4.69) is 66.8 Å². The van der Waals surface area contributed by atoms with E-state index in [0.29, 0.717) is 12.2 Å². The number of rotatable bonds is 5. The lowest BCUT2D eigenvalue weighted by Gasteiger charge is -2.42. The van der Waals surface area contributed by atoms with Gasteiger partial charge in [-0.1, -0.05) is 63.0 Å². The summed E-state index contributed by atoms with van der Waals surface area (Å²) in [5, 5.41) is 2.17. The van der Waals surface area contributed by atoms with Crippen LogP contribution in [-0.2, 0) is 22.0 Å². The summed E-state index contributed by atoms with van der Waals surface area (Å²) in [6, 6.07) is 7.94. The van der Waals surface area contributed by atoms with Crippen molar-refractivity contribution in [3.63, 3.8) is 0 Å². The molecule has 3 aromatic rings. The molecule has 2 aromatic heterocycles. The highest BCUT2D eigenvalue weighted by Gasteiger charge is 2.37. The Kier molecular flexibility index (Phi) is 6.92. The van der Waals surface area contributed by atoms with Gasteiger partial charge in [-0.25, -0.2) is 14.8 Å². The lowest BCUT2D eigenvalue weighted by atomic mass is 9.62. The third-order valence-corrected chi connectivity index (χ3v) is 7.61. The summed E-state index contributed by atoms with van der Waals surface area (Å²) in [7, 11) is 1.18. The van der Waals surface area contributed by atoms with Crippen LogP contribution in [-0.4, -0.2) is 29.0 Å². The number of halogens is 2. The number of hydrogen-bond donors (Lipinski definition) is 1.